The molecule has 0 saturated carbocycles. The molecule has 0 unspecified atom stereocenters. The molecular formula is C9H7N3O. The van der Waals surface area contributed by atoms with Gasteiger partial charge in [-0.3, -0.25) is 4.90 Å². The van der Waals surface area contributed by atoms with Gasteiger partial charge in [0.25, 0.3) is 0 Å². The van der Waals surface area contributed by atoms with Gasteiger partial charge in [0.2, 0.25) is 0 Å². The number of anilines is 1. The normalized spacial score (nSPS) is 17.5. The Morgan fingerprint density at radius 1 is 1.31 bits per heavy atom. The van der Waals surface area contributed by atoms with Crippen LogP contribution >= 0.6 is 0 Å². The maximum absolute atomic E-state index is 5.38. The fourth-order valence-corrected chi connectivity index (χ4v) is 1.48. The van der Waals surface area contributed by atoms with Crippen molar-refractivity contribution in [2.75, 3.05) is 11.6 Å². The van der Waals surface area contributed by atoms with Gasteiger partial charge in [0, 0.05) is 0 Å². The molecule has 0 radical (unpaired) electrons. The van der Waals surface area contributed by atoms with Crippen LogP contribution in [0.3, 0.4) is 0 Å². The zero-order valence-electron chi connectivity index (χ0n) is 6.84. The topological polar surface area (TPSA) is 37.2 Å². The number of hydrogen-bond acceptors (Lipinski definition) is 4. The molecule has 1 aromatic carbocycles. The summed E-state index contributed by atoms with van der Waals surface area (Å²) in [6.45, 7) is 0.589. The van der Waals surface area contributed by atoms with Gasteiger partial charge >= 0.3 is 0 Å². The Kier molecular flexibility index (Phi) is 1.19. The Morgan fingerprint density at radius 3 is 3.23 bits per heavy atom. The van der Waals surface area contributed by atoms with Crippen molar-refractivity contribution in [2.24, 2.45) is 10.2 Å². The van der Waals surface area contributed by atoms with E-state index in [4.69, 9.17) is 4.74 Å². The minimum atomic E-state index is 0.589. The molecule has 2 aliphatic rings. The maximum atomic E-state index is 5.38. The largest absolute Gasteiger partial charge is 0.459 e. The second-order valence-corrected chi connectivity index (χ2v) is 2.87. The summed E-state index contributed by atoms with van der Waals surface area (Å²) in [7, 11) is 0. The van der Waals surface area contributed by atoms with Crippen LogP contribution in [0, 0.1) is 0 Å². The van der Waals surface area contributed by atoms with Crippen molar-refractivity contribution >= 4 is 5.69 Å². The van der Waals surface area contributed by atoms with E-state index >= 15 is 0 Å². The Balaban J connectivity index is 2.14. The van der Waals surface area contributed by atoms with Crippen LogP contribution in [0.15, 0.2) is 46.6 Å². The lowest BCUT2D eigenvalue weighted by Crippen LogP contribution is -2.20. The summed E-state index contributed by atoms with van der Waals surface area (Å²) in [6, 6.07) is 7.85. The summed E-state index contributed by atoms with van der Waals surface area (Å²) in [4.78, 5) is 2.01. The lowest BCUT2D eigenvalue weighted by molar-refractivity contribution is 0.463. The summed E-state index contributed by atoms with van der Waals surface area (Å²) >= 11 is 0. The van der Waals surface area contributed by atoms with Crippen LogP contribution in [0.2, 0.25) is 0 Å². The van der Waals surface area contributed by atoms with Crippen molar-refractivity contribution in [3.63, 3.8) is 0 Å². The van der Waals surface area contributed by atoms with Crippen LogP contribution < -0.4 is 9.64 Å². The van der Waals surface area contributed by atoms with E-state index < -0.39 is 0 Å². The summed E-state index contributed by atoms with van der Waals surface area (Å²) < 4.78 is 5.38. The molecule has 4 heteroatoms. The van der Waals surface area contributed by atoms with Gasteiger partial charge in [-0.15, -0.1) is 5.11 Å². The molecule has 0 amide bonds. The molecule has 0 atom stereocenters. The van der Waals surface area contributed by atoms with Crippen molar-refractivity contribution in [1.29, 1.82) is 0 Å². The molecule has 0 saturated heterocycles. The maximum Gasteiger partial charge on any atom is 0.192 e. The van der Waals surface area contributed by atoms with Crippen LogP contribution in [0.4, 0.5) is 5.69 Å². The fourth-order valence-electron chi connectivity index (χ4n) is 1.48. The van der Waals surface area contributed by atoms with Crippen molar-refractivity contribution in [2.45, 2.75) is 0 Å². The molecule has 0 aliphatic carbocycles. The van der Waals surface area contributed by atoms with E-state index in [1.165, 1.54) is 0 Å². The van der Waals surface area contributed by atoms with E-state index in [0.717, 1.165) is 17.3 Å². The summed E-state index contributed by atoms with van der Waals surface area (Å²) in [5.74, 6) is 1.64. The molecule has 0 bridgehead atoms. The van der Waals surface area contributed by atoms with Crippen LogP contribution in [0.1, 0.15) is 0 Å². The third-order valence-corrected chi connectivity index (χ3v) is 2.10. The monoisotopic (exact) mass is 173 g/mol. The van der Waals surface area contributed by atoms with Gasteiger partial charge in [0.05, 0.1) is 5.69 Å². The van der Waals surface area contributed by atoms with Gasteiger partial charge in [-0.25, -0.2) is 0 Å². The minimum Gasteiger partial charge on any atom is -0.459 e. The molecule has 4 nitrogen and oxygen atoms in total. The summed E-state index contributed by atoms with van der Waals surface area (Å²) in [6.07, 6.45) is 1.62. The number of hydrogen-bond donors (Lipinski definition) is 0. The Hall–Kier alpha value is -1.84. The molecule has 13 heavy (non-hydrogen) atoms. The molecule has 64 valence electrons. The number of ether oxygens (including phenoxy) is 1. The molecule has 0 N–H and O–H groups in total. The number of nitrogens with zero attached hydrogens (tertiary/aromatic N) is 3. The lowest BCUT2D eigenvalue weighted by Gasteiger charge is -2.23. The third-order valence-electron chi connectivity index (χ3n) is 2.10. The molecule has 3 rings (SSSR count). The molecule has 0 aromatic heterocycles. The number of para-hydroxylation sites is 2. The van der Waals surface area contributed by atoms with E-state index in [1.54, 1.807) is 6.26 Å². The SMILES string of the molecule is C1=C2N=NCN2c2ccccc2O1. The van der Waals surface area contributed by atoms with E-state index in [9.17, 15) is 0 Å². The standard InChI is InChI=1S/C9H7N3O/c1-2-4-8-7(3-1)12-6-10-11-9(12)5-13-8/h1-5H,6H2. The Bertz CT molecular complexity index is 411. The molecule has 0 spiro atoms. The predicted molar refractivity (Wildman–Crippen MR) is 47.4 cm³/mol. The van der Waals surface area contributed by atoms with Gasteiger partial charge in [0.15, 0.2) is 5.82 Å². The predicted octanol–water partition coefficient (Wildman–Crippen LogP) is 2.11. The van der Waals surface area contributed by atoms with Crippen molar-refractivity contribution < 1.29 is 4.74 Å². The van der Waals surface area contributed by atoms with Gasteiger partial charge in [-0.2, -0.15) is 5.11 Å². The minimum absolute atomic E-state index is 0.589. The highest BCUT2D eigenvalue weighted by atomic mass is 16.5. The quantitative estimate of drug-likeness (QED) is 0.602. The Labute approximate surface area is 75.1 Å². The van der Waals surface area contributed by atoms with Crippen LogP contribution in [-0.2, 0) is 0 Å². The van der Waals surface area contributed by atoms with Crippen molar-refractivity contribution in [3.05, 3.63) is 36.3 Å². The van der Waals surface area contributed by atoms with Gasteiger partial charge < -0.3 is 4.74 Å². The number of rotatable bonds is 0. The molecule has 2 heterocycles. The second-order valence-electron chi connectivity index (χ2n) is 2.87. The highest BCUT2D eigenvalue weighted by molar-refractivity contribution is 5.64. The molecule has 0 fully saturated rings. The second kappa shape index (κ2) is 2.32. The first kappa shape index (κ1) is 6.65. The van der Waals surface area contributed by atoms with Crippen molar-refractivity contribution in [1.82, 2.24) is 0 Å². The third kappa shape index (κ3) is 0.853. The first-order chi connectivity index (χ1) is 6.45. The fraction of sp³-hybridized carbons (Fsp3) is 0.111. The summed E-state index contributed by atoms with van der Waals surface area (Å²) in [5, 5.41) is 7.87. The average molecular weight is 173 g/mol. The summed E-state index contributed by atoms with van der Waals surface area (Å²) in [5.41, 5.74) is 1.03. The highest BCUT2D eigenvalue weighted by Gasteiger charge is 2.23. The number of fused-ring (bicyclic) bond motifs is 3. The first-order valence-electron chi connectivity index (χ1n) is 4.06. The van der Waals surface area contributed by atoms with Crippen LogP contribution in [0.5, 0.6) is 5.75 Å². The first-order valence-corrected chi connectivity index (χ1v) is 4.06. The smallest absolute Gasteiger partial charge is 0.192 e. The molecular weight excluding hydrogens is 166 g/mol. The number of azo groups is 1. The van der Waals surface area contributed by atoms with Gasteiger partial charge in [-0.1, -0.05) is 12.1 Å². The Morgan fingerprint density at radius 2 is 2.23 bits per heavy atom. The average Bonchev–Trinajstić information content (AvgIpc) is 2.65. The van der Waals surface area contributed by atoms with Gasteiger partial charge in [-0.05, 0) is 12.1 Å². The van der Waals surface area contributed by atoms with Gasteiger partial charge in [0.1, 0.15) is 18.7 Å². The van der Waals surface area contributed by atoms with E-state index in [0.29, 0.717) is 6.67 Å². The van der Waals surface area contributed by atoms with E-state index in [1.807, 2.05) is 29.2 Å². The van der Waals surface area contributed by atoms with E-state index in [-0.39, 0.29) is 0 Å². The zero-order valence-corrected chi connectivity index (χ0v) is 6.84. The zero-order chi connectivity index (χ0) is 8.67. The lowest BCUT2D eigenvalue weighted by atomic mass is 10.2. The number of benzene rings is 1. The highest BCUT2D eigenvalue weighted by Crippen LogP contribution is 2.36. The van der Waals surface area contributed by atoms with Crippen molar-refractivity contribution in [3.8, 4) is 5.75 Å². The van der Waals surface area contributed by atoms with E-state index in [2.05, 4.69) is 10.2 Å². The molecule has 1 aromatic rings. The van der Waals surface area contributed by atoms with Crippen LogP contribution in [-0.4, -0.2) is 6.67 Å². The van der Waals surface area contributed by atoms with Crippen LogP contribution in [0.25, 0.3) is 0 Å². The molecule has 2 aliphatic heterocycles.